The fourth-order valence-electron chi connectivity index (χ4n) is 5.65. The third kappa shape index (κ3) is 2.72. The Balaban J connectivity index is 1.91. The summed E-state index contributed by atoms with van der Waals surface area (Å²) in [4.78, 5) is 35.7. The molecule has 2 N–H and O–H groups in total. The standard InChI is InChI=1S/C27H25N5O2/c1-4-12-31-20-10-6-5-9-18(20)27(25(31)34)19(15-28)24(29)32(17-8-7-11-30-16-17)21-13-26(2,3)14-22(33)23(21)27/h4-11,16H,1,12-14,29H2,2-3H3. The van der Waals surface area contributed by atoms with E-state index in [0.29, 0.717) is 34.6 Å². The van der Waals surface area contributed by atoms with Gasteiger partial charge in [0.25, 0.3) is 0 Å². The van der Waals surface area contributed by atoms with Crippen LogP contribution in [0.1, 0.15) is 32.3 Å². The Morgan fingerprint density at radius 1 is 1.21 bits per heavy atom. The lowest BCUT2D eigenvalue weighted by atomic mass is 9.60. The number of aromatic nitrogens is 1. The van der Waals surface area contributed by atoms with Gasteiger partial charge in [0.15, 0.2) is 5.78 Å². The van der Waals surface area contributed by atoms with Gasteiger partial charge in [0, 0.05) is 41.7 Å². The fourth-order valence-corrected chi connectivity index (χ4v) is 5.65. The number of carbonyl (C=O) groups is 2. The van der Waals surface area contributed by atoms with Crippen molar-refractivity contribution in [3.8, 4) is 6.07 Å². The normalized spacial score (nSPS) is 23.2. The molecular formula is C27H25N5O2. The van der Waals surface area contributed by atoms with Crippen LogP contribution < -0.4 is 15.5 Å². The van der Waals surface area contributed by atoms with E-state index < -0.39 is 5.41 Å². The number of carbonyl (C=O) groups excluding carboxylic acids is 2. The highest BCUT2D eigenvalue weighted by Gasteiger charge is 2.63. The SMILES string of the molecule is C=CCN1C(=O)C2(C(C#N)=C(N)N(c3cccnc3)C3=C2C(=O)CC(C)(C)C3)c2ccccc21. The van der Waals surface area contributed by atoms with E-state index in [2.05, 4.69) is 17.6 Å². The van der Waals surface area contributed by atoms with Gasteiger partial charge in [-0.05, 0) is 30.0 Å². The number of amides is 1. The lowest BCUT2D eigenvalue weighted by Gasteiger charge is -2.46. The van der Waals surface area contributed by atoms with Crippen molar-refractivity contribution in [3.05, 3.63) is 89.7 Å². The lowest BCUT2D eigenvalue weighted by molar-refractivity contribution is -0.125. The fraction of sp³-hybridized carbons (Fsp3) is 0.259. The second-order valence-electron chi connectivity index (χ2n) is 9.65. The van der Waals surface area contributed by atoms with E-state index in [4.69, 9.17) is 5.73 Å². The molecule has 170 valence electrons. The Hall–Kier alpha value is -4.18. The second kappa shape index (κ2) is 7.42. The summed E-state index contributed by atoms with van der Waals surface area (Å²) in [5.74, 6) is -0.355. The number of rotatable bonds is 3. The van der Waals surface area contributed by atoms with Gasteiger partial charge in [-0.15, -0.1) is 6.58 Å². The van der Waals surface area contributed by atoms with Crippen molar-refractivity contribution in [1.82, 2.24) is 4.98 Å². The van der Waals surface area contributed by atoms with Gasteiger partial charge in [-0.1, -0.05) is 38.1 Å². The molecule has 1 amide bonds. The summed E-state index contributed by atoms with van der Waals surface area (Å²) < 4.78 is 0. The average molecular weight is 452 g/mol. The van der Waals surface area contributed by atoms with E-state index in [1.807, 2.05) is 44.2 Å². The van der Waals surface area contributed by atoms with Crippen molar-refractivity contribution in [2.75, 3.05) is 16.3 Å². The molecule has 3 aliphatic rings. The quantitative estimate of drug-likeness (QED) is 0.714. The molecular weight excluding hydrogens is 426 g/mol. The molecule has 3 heterocycles. The van der Waals surface area contributed by atoms with Gasteiger partial charge >= 0.3 is 0 Å². The largest absolute Gasteiger partial charge is 0.384 e. The predicted molar refractivity (Wildman–Crippen MR) is 129 cm³/mol. The van der Waals surface area contributed by atoms with Crippen molar-refractivity contribution >= 4 is 23.1 Å². The summed E-state index contributed by atoms with van der Waals surface area (Å²) in [5.41, 5.74) is 7.75. The van der Waals surface area contributed by atoms with Crippen molar-refractivity contribution in [3.63, 3.8) is 0 Å². The van der Waals surface area contributed by atoms with Crippen LogP contribution >= 0.6 is 0 Å². The molecule has 1 atom stereocenters. The Labute approximate surface area is 198 Å². The molecule has 0 saturated heterocycles. The first kappa shape index (κ1) is 21.7. The Bertz CT molecular complexity index is 1350. The summed E-state index contributed by atoms with van der Waals surface area (Å²) in [5, 5.41) is 10.4. The van der Waals surface area contributed by atoms with E-state index >= 15 is 0 Å². The summed E-state index contributed by atoms with van der Waals surface area (Å²) in [6.45, 7) is 8.10. The van der Waals surface area contributed by atoms with Gasteiger partial charge in [-0.3, -0.25) is 19.5 Å². The molecule has 7 nitrogen and oxygen atoms in total. The van der Waals surface area contributed by atoms with Crippen LogP contribution in [0.15, 0.2) is 84.1 Å². The van der Waals surface area contributed by atoms with E-state index in [-0.39, 0.29) is 41.5 Å². The molecule has 5 rings (SSSR count). The first-order valence-corrected chi connectivity index (χ1v) is 11.2. The van der Waals surface area contributed by atoms with Crippen LogP contribution in [-0.4, -0.2) is 23.2 Å². The Morgan fingerprint density at radius 2 is 1.97 bits per heavy atom. The number of Topliss-reactive ketones (excluding diaryl/α,β-unsaturated/α-hetero) is 1. The van der Waals surface area contributed by atoms with Crippen LogP contribution in [0.25, 0.3) is 0 Å². The molecule has 0 radical (unpaired) electrons. The first-order chi connectivity index (χ1) is 16.3. The number of hydrogen-bond acceptors (Lipinski definition) is 6. The zero-order chi connectivity index (χ0) is 24.3. The number of ketones is 1. The molecule has 0 fully saturated rings. The lowest BCUT2D eigenvalue weighted by Crippen LogP contribution is -2.53. The predicted octanol–water partition coefficient (Wildman–Crippen LogP) is 3.71. The van der Waals surface area contributed by atoms with Crippen LogP contribution in [0.2, 0.25) is 0 Å². The highest BCUT2D eigenvalue weighted by molar-refractivity contribution is 6.21. The monoisotopic (exact) mass is 451 g/mol. The van der Waals surface area contributed by atoms with E-state index in [0.717, 1.165) is 0 Å². The molecule has 1 unspecified atom stereocenters. The highest BCUT2D eigenvalue weighted by atomic mass is 16.2. The number of nitrogens with two attached hydrogens (primary N) is 1. The van der Waals surface area contributed by atoms with Gasteiger partial charge in [0.2, 0.25) is 5.91 Å². The summed E-state index contributed by atoms with van der Waals surface area (Å²) in [7, 11) is 0. The van der Waals surface area contributed by atoms with Crippen LogP contribution in [0.3, 0.4) is 0 Å². The molecule has 2 aromatic rings. The number of allylic oxidation sites excluding steroid dienone is 1. The first-order valence-electron chi connectivity index (χ1n) is 11.2. The highest BCUT2D eigenvalue weighted by Crippen LogP contribution is 2.58. The van der Waals surface area contributed by atoms with Crippen molar-refractivity contribution in [2.24, 2.45) is 11.1 Å². The van der Waals surface area contributed by atoms with E-state index in [1.54, 1.807) is 34.3 Å². The van der Waals surface area contributed by atoms with Crippen LogP contribution in [0, 0.1) is 16.7 Å². The third-order valence-corrected chi connectivity index (χ3v) is 6.86. The number of para-hydroxylation sites is 1. The van der Waals surface area contributed by atoms with Gasteiger partial charge in [-0.2, -0.15) is 5.26 Å². The molecule has 0 bridgehead atoms. The molecule has 1 aromatic carbocycles. The minimum absolute atomic E-state index is 0.0622. The molecule has 1 spiro atoms. The smallest absolute Gasteiger partial charge is 0.248 e. The number of nitrogens with zero attached hydrogens (tertiary/aromatic N) is 4. The van der Waals surface area contributed by atoms with Crippen LogP contribution in [-0.2, 0) is 15.0 Å². The van der Waals surface area contributed by atoms with Crippen molar-refractivity contribution in [2.45, 2.75) is 32.1 Å². The van der Waals surface area contributed by atoms with Gasteiger partial charge < -0.3 is 10.6 Å². The zero-order valence-corrected chi connectivity index (χ0v) is 19.2. The molecule has 0 saturated carbocycles. The van der Waals surface area contributed by atoms with Crippen molar-refractivity contribution in [1.29, 1.82) is 5.26 Å². The number of hydrogen-bond donors (Lipinski definition) is 1. The summed E-state index contributed by atoms with van der Waals surface area (Å²) in [6.07, 6.45) is 5.71. The maximum Gasteiger partial charge on any atom is 0.248 e. The number of anilines is 2. The van der Waals surface area contributed by atoms with Gasteiger partial charge in [0.05, 0.1) is 17.5 Å². The van der Waals surface area contributed by atoms with Crippen LogP contribution in [0.5, 0.6) is 0 Å². The maximum atomic E-state index is 14.3. The Kier molecular flexibility index (Phi) is 4.73. The van der Waals surface area contributed by atoms with E-state index in [9.17, 15) is 14.9 Å². The number of benzene rings is 1. The van der Waals surface area contributed by atoms with Crippen molar-refractivity contribution < 1.29 is 9.59 Å². The van der Waals surface area contributed by atoms with Gasteiger partial charge in [0.1, 0.15) is 17.3 Å². The van der Waals surface area contributed by atoms with E-state index in [1.165, 1.54) is 0 Å². The topological polar surface area (TPSA) is 103 Å². The van der Waals surface area contributed by atoms with Crippen LogP contribution in [0.4, 0.5) is 11.4 Å². The molecule has 1 aromatic heterocycles. The third-order valence-electron chi connectivity index (χ3n) is 6.86. The molecule has 34 heavy (non-hydrogen) atoms. The number of fused-ring (bicyclic) bond motifs is 3. The van der Waals surface area contributed by atoms with Gasteiger partial charge in [-0.25, -0.2) is 0 Å². The number of pyridine rings is 1. The molecule has 7 heteroatoms. The Morgan fingerprint density at radius 3 is 2.65 bits per heavy atom. The summed E-state index contributed by atoms with van der Waals surface area (Å²) in [6, 6.07) is 13.1. The maximum absolute atomic E-state index is 14.3. The minimum atomic E-state index is -1.58. The zero-order valence-electron chi connectivity index (χ0n) is 19.2. The number of nitriles is 1. The average Bonchev–Trinajstić information content (AvgIpc) is 3.03. The summed E-state index contributed by atoms with van der Waals surface area (Å²) >= 11 is 0. The minimum Gasteiger partial charge on any atom is -0.384 e. The molecule has 1 aliphatic carbocycles. The second-order valence-corrected chi connectivity index (χ2v) is 9.65. The molecule has 2 aliphatic heterocycles.